The number of amidine groups is 1. The molecule has 0 aromatic heterocycles. The molecule has 1 aliphatic heterocycles. The molecule has 1 heterocycles. The molecule has 9 nitrogen and oxygen atoms in total. The molecule has 2 aromatic carbocycles. The van der Waals surface area contributed by atoms with E-state index in [1.807, 2.05) is 32.0 Å². The van der Waals surface area contributed by atoms with Crippen molar-refractivity contribution in [2.75, 3.05) is 39.8 Å². The third-order valence-corrected chi connectivity index (χ3v) is 5.89. The Hall–Kier alpha value is -3.27. The Bertz CT molecular complexity index is 1170. The van der Waals surface area contributed by atoms with Crippen LogP contribution in [-0.2, 0) is 12.0 Å². The summed E-state index contributed by atoms with van der Waals surface area (Å²) in [5.41, 5.74) is 6.49. The summed E-state index contributed by atoms with van der Waals surface area (Å²) in [5.74, 6) is 0.655. The van der Waals surface area contributed by atoms with Crippen molar-refractivity contribution >= 4 is 40.3 Å². The van der Waals surface area contributed by atoms with E-state index < -0.39 is 0 Å². The Morgan fingerprint density at radius 2 is 1.81 bits per heavy atom. The van der Waals surface area contributed by atoms with Crippen molar-refractivity contribution < 1.29 is 19.1 Å². The first kappa shape index (κ1) is 29.0. The van der Waals surface area contributed by atoms with Crippen LogP contribution in [0.4, 0.5) is 5.69 Å². The van der Waals surface area contributed by atoms with Crippen LogP contribution in [0.2, 0.25) is 0 Å². The van der Waals surface area contributed by atoms with Crippen molar-refractivity contribution in [2.45, 2.75) is 39.7 Å². The highest BCUT2D eigenvalue weighted by Gasteiger charge is 2.30. The zero-order valence-electron chi connectivity index (χ0n) is 22.2. The number of amides is 2. The number of nitrogens with one attached hydrogen (secondary N) is 3. The summed E-state index contributed by atoms with van der Waals surface area (Å²) in [6.45, 7) is 8.74. The smallest absolute Gasteiger partial charge is 0.269 e. The SMILES string of the molecule is Br.CCOc1cc2c(cc1C(=O)NC)C(=N)N(NC(=O)c1cc(N(C)C)c(OC)c(C(C)(C)C)c1)C2. The van der Waals surface area contributed by atoms with Gasteiger partial charge in [-0.1, -0.05) is 20.8 Å². The molecule has 3 rings (SSSR count). The van der Waals surface area contributed by atoms with Crippen molar-refractivity contribution in [1.29, 1.82) is 5.41 Å². The normalized spacial score (nSPS) is 12.4. The van der Waals surface area contributed by atoms with E-state index in [0.29, 0.717) is 29.0 Å². The van der Waals surface area contributed by atoms with Gasteiger partial charge in [0.25, 0.3) is 11.8 Å². The second kappa shape index (κ2) is 11.2. The van der Waals surface area contributed by atoms with Gasteiger partial charge in [-0.3, -0.25) is 25.4 Å². The molecule has 0 spiro atoms. The molecule has 36 heavy (non-hydrogen) atoms. The molecule has 0 saturated heterocycles. The molecule has 0 unspecified atom stereocenters. The molecule has 2 aromatic rings. The molecule has 196 valence electrons. The average Bonchev–Trinajstić information content (AvgIpc) is 3.10. The lowest BCUT2D eigenvalue weighted by Gasteiger charge is -2.28. The van der Waals surface area contributed by atoms with Gasteiger partial charge in [0.1, 0.15) is 17.3 Å². The van der Waals surface area contributed by atoms with E-state index in [2.05, 4.69) is 31.5 Å². The van der Waals surface area contributed by atoms with Gasteiger partial charge in [-0.25, -0.2) is 0 Å². The van der Waals surface area contributed by atoms with Crippen LogP contribution in [0, 0.1) is 5.41 Å². The second-order valence-corrected chi connectivity index (χ2v) is 9.61. The Morgan fingerprint density at radius 1 is 1.14 bits per heavy atom. The minimum absolute atomic E-state index is 0. The number of anilines is 1. The van der Waals surface area contributed by atoms with Crippen molar-refractivity contribution in [3.63, 3.8) is 0 Å². The molecule has 0 aliphatic carbocycles. The molecule has 1 aliphatic rings. The number of halogens is 1. The maximum absolute atomic E-state index is 13.3. The molecule has 0 radical (unpaired) electrons. The van der Waals surface area contributed by atoms with E-state index in [4.69, 9.17) is 14.9 Å². The summed E-state index contributed by atoms with van der Waals surface area (Å²) in [4.78, 5) is 27.6. The summed E-state index contributed by atoms with van der Waals surface area (Å²) in [6, 6.07) is 7.03. The lowest BCUT2D eigenvalue weighted by Crippen LogP contribution is -2.42. The molecular weight excluding hydrogens is 526 g/mol. The van der Waals surface area contributed by atoms with E-state index in [-0.39, 0.29) is 46.6 Å². The lowest BCUT2D eigenvalue weighted by molar-refractivity contribution is 0.0868. The fraction of sp³-hybridized carbons (Fsp3) is 0.423. The number of carbonyl (C=O) groups excluding carboxylic acids is 2. The Kier molecular flexibility index (Phi) is 9.01. The van der Waals surface area contributed by atoms with E-state index in [1.54, 1.807) is 32.4 Å². The highest BCUT2D eigenvalue weighted by atomic mass is 79.9. The zero-order valence-corrected chi connectivity index (χ0v) is 23.9. The third-order valence-electron chi connectivity index (χ3n) is 5.89. The van der Waals surface area contributed by atoms with Crippen LogP contribution in [-0.4, -0.2) is 57.5 Å². The maximum atomic E-state index is 13.3. The Labute approximate surface area is 223 Å². The van der Waals surface area contributed by atoms with Gasteiger partial charge in [0.15, 0.2) is 0 Å². The molecule has 0 saturated carbocycles. The van der Waals surface area contributed by atoms with Gasteiger partial charge in [0.05, 0.1) is 31.5 Å². The summed E-state index contributed by atoms with van der Waals surface area (Å²) in [7, 11) is 6.98. The van der Waals surface area contributed by atoms with Crippen LogP contribution in [0.25, 0.3) is 0 Å². The summed E-state index contributed by atoms with van der Waals surface area (Å²) >= 11 is 0. The van der Waals surface area contributed by atoms with Crippen LogP contribution in [0.5, 0.6) is 11.5 Å². The van der Waals surface area contributed by atoms with Gasteiger partial charge in [-0.2, -0.15) is 0 Å². The second-order valence-electron chi connectivity index (χ2n) is 9.61. The highest BCUT2D eigenvalue weighted by molar-refractivity contribution is 8.93. The summed E-state index contributed by atoms with van der Waals surface area (Å²) in [5, 5.41) is 12.7. The minimum atomic E-state index is -0.338. The molecular formula is C26H36BrN5O4. The monoisotopic (exact) mass is 561 g/mol. The number of hydrogen-bond donors (Lipinski definition) is 3. The quantitative estimate of drug-likeness (QED) is 0.473. The van der Waals surface area contributed by atoms with Gasteiger partial charge in [-0.15, -0.1) is 17.0 Å². The van der Waals surface area contributed by atoms with Gasteiger partial charge in [0.2, 0.25) is 0 Å². The predicted octanol–water partition coefficient (Wildman–Crippen LogP) is 3.88. The number of ether oxygens (including phenoxy) is 2. The Balaban J connectivity index is 0.00000456. The van der Waals surface area contributed by atoms with E-state index in [0.717, 1.165) is 22.6 Å². The zero-order chi connectivity index (χ0) is 26.1. The third kappa shape index (κ3) is 5.59. The summed E-state index contributed by atoms with van der Waals surface area (Å²) in [6.07, 6.45) is 0. The standard InChI is InChI=1S/C26H35N5O4.BrH/c1-9-35-21-12-16-14-31(23(27)17(16)13-18(21)25(33)28-5)29-24(32)15-10-19(26(2,3)4)22(34-8)20(11-15)30(6)7;/h10-13,27H,9,14H2,1-8H3,(H,28,33)(H,29,32);1H. The lowest BCUT2D eigenvalue weighted by atomic mass is 9.84. The molecule has 2 amide bonds. The fourth-order valence-corrected chi connectivity index (χ4v) is 4.09. The van der Waals surface area contributed by atoms with E-state index in [1.165, 1.54) is 5.01 Å². The molecule has 0 bridgehead atoms. The number of hydrazine groups is 1. The van der Waals surface area contributed by atoms with E-state index >= 15 is 0 Å². The largest absolute Gasteiger partial charge is 0.494 e. The maximum Gasteiger partial charge on any atom is 0.269 e. The summed E-state index contributed by atoms with van der Waals surface area (Å²) < 4.78 is 11.4. The minimum Gasteiger partial charge on any atom is -0.494 e. The highest BCUT2D eigenvalue weighted by Crippen LogP contribution is 2.39. The first-order valence-electron chi connectivity index (χ1n) is 11.5. The van der Waals surface area contributed by atoms with Crippen LogP contribution < -0.4 is 25.1 Å². The van der Waals surface area contributed by atoms with Gasteiger partial charge >= 0.3 is 0 Å². The molecule has 3 N–H and O–H groups in total. The van der Waals surface area contributed by atoms with Gasteiger partial charge in [-0.05, 0) is 42.2 Å². The van der Waals surface area contributed by atoms with Crippen molar-refractivity contribution in [1.82, 2.24) is 15.8 Å². The number of methoxy groups -OCH3 is 1. The Morgan fingerprint density at radius 3 is 2.33 bits per heavy atom. The number of benzene rings is 2. The average molecular weight is 563 g/mol. The van der Waals surface area contributed by atoms with E-state index in [9.17, 15) is 9.59 Å². The molecule has 0 atom stereocenters. The van der Waals surface area contributed by atoms with Crippen LogP contribution >= 0.6 is 17.0 Å². The number of hydrogen-bond acceptors (Lipinski definition) is 6. The topological polar surface area (TPSA) is 107 Å². The number of nitrogens with zero attached hydrogens (tertiary/aromatic N) is 2. The first-order chi connectivity index (χ1) is 16.4. The van der Waals surface area contributed by atoms with Crippen LogP contribution in [0.1, 0.15) is 65.1 Å². The van der Waals surface area contributed by atoms with Gasteiger partial charge in [0, 0.05) is 37.8 Å². The van der Waals surface area contributed by atoms with Crippen LogP contribution in [0.3, 0.4) is 0 Å². The van der Waals surface area contributed by atoms with Crippen LogP contribution in [0.15, 0.2) is 24.3 Å². The number of rotatable bonds is 7. The molecule has 0 fully saturated rings. The fourth-order valence-electron chi connectivity index (χ4n) is 4.09. The number of fused-ring (bicyclic) bond motifs is 1. The van der Waals surface area contributed by atoms with Crippen molar-refractivity contribution in [3.8, 4) is 11.5 Å². The first-order valence-corrected chi connectivity index (χ1v) is 11.5. The number of carbonyl (C=O) groups is 2. The van der Waals surface area contributed by atoms with Gasteiger partial charge < -0.3 is 19.7 Å². The predicted molar refractivity (Wildman–Crippen MR) is 147 cm³/mol. The molecule has 10 heteroatoms. The van der Waals surface area contributed by atoms with Crippen molar-refractivity contribution in [3.05, 3.63) is 52.1 Å². The van der Waals surface area contributed by atoms with Crippen molar-refractivity contribution in [2.24, 2.45) is 0 Å².